The van der Waals surface area contributed by atoms with Gasteiger partial charge in [-0.2, -0.15) is 9.40 Å². The second-order valence-corrected chi connectivity index (χ2v) is 8.35. The van der Waals surface area contributed by atoms with Gasteiger partial charge in [-0.15, -0.1) is 0 Å². The number of benzene rings is 1. The van der Waals surface area contributed by atoms with E-state index in [4.69, 9.17) is 9.15 Å². The van der Waals surface area contributed by atoms with Gasteiger partial charge in [0.15, 0.2) is 5.58 Å². The average molecular weight is 392 g/mol. The largest absolute Gasteiger partial charge is 0.419 e. The van der Waals surface area contributed by atoms with Crippen molar-refractivity contribution < 1.29 is 17.6 Å². The average Bonchev–Trinajstić information content (AvgIpc) is 3.26. The van der Waals surface area contributed by atoms with E-state index in [-0.39, 0.29) is 29.7 Å². The van der Waals surface area contributed by atoms with E-state index in [9.17, 15) is 13.2 Å². The summed E-state index contributed by atoms with van der Waals surface area (Å²) < 4.78 is 41.5. The predicted molar refractivity (Wildman–Crippen MR) is 96.8 cm³/mol. The van der Waals surface area contributed by atoms with Crippen molar-refractivity contribution in [1.29, 1.82) is 0 Å². The number of ether oxygens (including phenoxy) is 1. The number of sulfonamides is 1. The highest BCUT2D eigenvalue weighted by Crippen LogP contribution is 2.27. The van der Waals surface area contributed by atoms with E-state index < -0.39 is 15.8 Å². The molecule has 3 aromatic rings. The number of morpholine rings is 1. The maximum absolute atomic E-state index is 13.1. The van der Waals surface area contributed by atoms with Gasteiger partial charge < -0.3 is 9.15 Å². The van der Waals surface area contributed by atoms with Crippen molar-refractivity contribution in [3.05, 3.63) is 46.7 Å². The Balaban J connectivity index is 1.63. The molecule has 1 aliphatic rings. The first-order chi connectivity index (χ1) is 12.9. The molecule has 1 atom stereocenters. The van der Waals surface area contributed by atoms with E-state index in [1.54, 1.807) is 24.0 Å². The molecule has 0 radical (unpaired) electrons. The molecule has 10 heteroatoms. The number of hydrogen-bond acceptors (Lipinski definition) is 6. The summed E-state index contributed by atoms with van der Waals surface area (Å²) >= 11 is 0. The van der Waals surface area contributed by atoms with Gasteiger partial charge in [0.05, 0.1) is 29.3 Å². The van der Waals surface area contributed by atoms with Crippen molar-refractivity contribution in [2.24, 2.45) is 7.05 Å². The highest BCUT2D eigenvalue weighted by atomic mass is 32.2. The third-order valence-electron chi connectivity index (χ3n) is 4.78. The molecular weight excluding hydrogens is 372 g/mol. The minimum atomic E-state index is -3.74. The van der Waals surface area contributed by atoms with Gasteiger partial charge in [0.1, 0.15) is 0 Å². The summed E-state index contributed by atoms with van der Waals surface area (Å²) in [4.78, 5) is 11.7. The second kappa shape index (κ2) is 6.63. The van der Waals surface area contributed by atoms with Crippen molar-refractivity contribution in [3.63, 3.8) is 0 Å². The van der Waals surface area contributed by atoms with Crippen LogP contribution in [0, 0.1) is 0 Å². The molecule has 27 heavy (non-hydrogen) atoms. The Morgan fingerprint density at radius 1 is 1.33 bits per heavy atom. The molecule has 0 spiro atoms. The fraction of sp³-hybridized carbons (Fsp3) is 0.412. The van der Waals surface area contributed by atoms with Gasteiger partial charge in [-0.1, -0.05) is 0 Å². The predicted octanol–water partition coefficient (Wildman–Crippen LogP) is 1.11. The lowest BCUT2D eigenvalue weighted by molar-refractivity contribution is -0.00260. The van der Waals surface area contributed by atoms with Crippen molar-refractivity contribution in [2.45, 2.75) is 24.5 Å². The lowest BCUT2D eigenvalue weighted by Crippen LogP contribution is -2.42. The number of oxazole rings is 1. The third-order valence-corrected chi connectivity index (χ3v) is 6.64. The minimum absolute atomic E-state index is 0.0919. The maximum Gasteiger partial charge on any atom is 0.419 e. The zero-order valence-corrected chi connectivity index (χ0v) is 15.8. The standard InChI is InChI=1S/C17H20N4O5S/c1-3-20-10-12(9-18-20)16-11-21(6-7-25-16)27(23,24)13-4-5-14-15(8-13)26-17(22)19(14)2/h4-5,8-10,16H,3,6-7,11H2,1-2H3/t16-/m1/s1. The zero-order chi connectivity index (χ0) is 19.2. The maximum atomic E-state index is 13.1. The molecule has 0 aliphatic carbocycles. The van der Waals surface area contributed by atoms with Crippen LogP contribution in [0.3, 0.4) is 0 Å². The summed E-state index contributed by atoms with van der Waals surface area (Å²) in [5, 5.41) is 4.22. The first-order valence-electron chi connectivity index (χ1n) is 8.64. The molecule has 1 aromatic carbocycles. The van der Waals surface area contributed by atoms with Crippen LogP contribution in [0.15, 0.2) is 44.7 Å². The minimum Gasteiger partial charge on any atom is -0.408 e. The number of hydrogen-bond donors (Lipinski definition) is 0. The molecular formula is C17H20N4O5S. The highest BCUT2D eigenvalue weighted by Gasteiger charge is 2.32. The first-order valence-corrected chi connectivity index (χ1v) is 10.1. The van der Waals surface area contributed by atoms with Crippen LogP contribution >= 0.6 is 0 Å². The molecule has 0 saturated carbocycles. The second-order valence-electron chi connectivity index (χ2n) is 6.41. The smallest absolute Gasteiger partial charge is 0.408 e. The van der Waals surface area contributed by atoms with Crippen LogP contribution in [-0.2, 0) is 28.4 Å². The Morgan fingerprint density at radius 2 is 2.15 bits per heavy atom. The molecule has 3 heterocycles. The summed E-state index contributed by atoms with van der Waals surface area (Å²) in [6.45, 7) is 3.47. The molecule has 0 unspecified atom stereocenters. The summed E-state index contributed by atoms with van der Waals surface area (Å²) in [7, 11) is -2.17. The van der Waals surface area contributed by atoms with Crippen molar-refractivity contribution >= 4 is 21.1 Å². The summed E-state index contributed by atoms with van der Waals surface area (Å²) in [6.07, 6.45) is 3.20. The van der Waals surface area contributed by atoms with Crippen LogP contribution in [0.25, 0.3) is 11.1 Å². The Morgan fingerprint density at radius 3 is 2.89 bits per heavy atom. The van der Waals surface area contributed by atoms with E-state index in [2.05, 4.69) is 5.10 Å². The number of rotatable bonds is 4. The first kappa shape index (κ1) is 18.0. The van der Waals surface area contributed by atoms with Crippen LogP contribution in [0.1, 0.15) is 18.6 Å². The number of aryl methyl sites for hydroxylation is 2. The summed E-state index contributed by atoms with van der Waals surface area (Å²) in [5.74, 6) is -0.529. The van der Waals surface area contributed by atoms with Gasteiger partial charge in [0.2, 0.25) is 10.0 Å². The van der Waals surface area contributed by atoms with Crippen LogP contribution in [0.2, 0.25) is 0 Å². The van der Waals surface area contributed by atoms with Gasteiger partial charge in [0.25, 0.3) is 0 Å². The monoisotopic (exact) mass is 392 g/mol. The Kier molecular flexibility index (Phi) is 4.41. The van der Waals surface area contributed by atoms with E-state index in [0.717, 1.165) is 12.1 Å². The molecule has 0 N–H and O–H groups in total. The van der Waals surface area contributed by atoms with Crippen molar-refractivity contribution in [2.75, 3.05) is 19.7 Å². The van der Waals surface area contributed by atoms with E-state index in [1.807, 2.05) is 13.1 Å². The van der Waals surface area contributed by atoms with Crippen LogP contribution in [0.4, 0.5) is 0 Å². The van der Waals surface area contributed by atoms with Gasteiger partial charge in [-0.3, -0.25) is 9.25 Å². The Hall–Kier alpha value is -2.43. The van der Waals surface area contributed by atoms with Gasteiger partial charge in [0, 0.05) is 44.5 Å². The third kappa shape index (κ3) is 3.09. The van der Waals surface area contributed by atoms with Crippen LogP contribution in [0.5, 0.6) is 0 Å². The van der Waals surface area contributed by atoms with Gasteiger partial charge in [-0.05, 0) is 19.1 Å². The fourth-order valence-electron chi connectivity index (χ4n) is 3.19. The lowest BCUT2D eigenvalue weighted by Gasteiger charge is -2.31. The Labute approximate surface area is 155 Å². The van der Waals surface area contributed by atoms with E-state index in [1.165, 1.54) is 21.0 Å². The molecule has 1 saturated heterocycles. The van der Waals surface area contributed by atoms with E-state index >= 15 is 0 Å². The number of nitrogens with zero attached hydrogens (tertiary/aromatic N) is 4. The molecule has 0 amide bonds. The molecule has 9 nitrogen and oxygen atoms in total. The van der Waals surface area contributed by atoms with Crippen LogP contribution in [-0.4, -0.2) is 46.8 Å². The highest BCUT2D eigenvalue weighted by molar-refractivity contribution is 7.89. The number of fused-ring (bicyclic) bond motifs is 1. The summed E-state index contributed by atoms with van der Waals surface area (Å²) in [6, 6.07) is 4.47. The van der Waals surface area contributed by atoms with E-state index in [0.29, 0.717) is 12.1 Å². The topological polar surface area (TPSA) is 99.6 Å². The fourth-order valence-corrected chi connectivity index (χ4v) is 4.63. The van der Waals surface area contributed by atoms with Gasteiger partial charge >= 0.3 is 5.76 Å². The number of aromatic nitrogens is 3. The van der Waals surface area contributed by atoms with Gasteiger partial charge in [-0.25, -0.2) is 13.2 Å². The zero-order valence-electron chi connectivity index (χ0n) is 15.0. The summed E-state index contributed by atoms with van der Waals surface area (Å²) in [5.41, 5.74) is 1.64. The molecule has 1 aliphatic heterocycles. The molecule has 0 bridgehead atoms. The normalized spacial score (nSPS) is 19.0. The lowest BCUT2D eigenvalue weighted by atomic mass is 10.2. The molecule has 4 rings (SSSR count). The van der Waals surface area contributed by atoms with Crippen LogP contribution < -0.4 is 5.76 Å². The Bertz CT molecular complexity index is 1140. The molecule has 1 fully saturated rings. The molecule has 144 valence electrons. The van der Waals surface area contributed by atoms with Crippen molar-refractivity contribution in [1.82, 2.24) is 18.7 Å². The van der Waals surface area contributed by atoms with Crippen molar-refractivity contribution in [3.8, 4) is 0 Å². The quantitative estimate of drug-likeness (QED) is 0.659. The SMILES string of the molecule is CCn1cc([C@H]2CN(S(=O)(=O)c3ccc4c(c3)oc(=O)n4C)CCO2)cn1. The molecule has 2 aromatic heterocycles.